The third-order valence-electron chi connectivity index (χ3n) is 2.65. The highest BCUT2D eigenvalue weighted by atomic mass is 127. The van der Waals surface area contributed by atoms with Crippen molar-refractivity contribution in [1.82, 2.24) is 0 Å². The average Bonchev–Trinajstić information content (AvgIpc) is 2.32. The molecular formula is C13H18FIO. The fraction of sp³-hybridized carbons (Fsp3) is 0.538. The van der Waals surface area contributed by atoms with Crippen LogP contribution in [0.5, 0.6) is 0 Å². The summed E-state index contributed by atoms with van der Waals surface area (Å²) in [6.07, 6.45) is 2.41. The zero-order chi connectivity index (χ0) is 12.0. The van der Waals surface area contributed by atoms with E-state index >= 15 is 0 Å². The second-order valence-electron chi connectivity index (χ2n) is 3.77. The molecule has 1 unspecified atom stereocenters. The van der Waals surface area contributed by atoms with Gasteiger partial charge in [0, 0.05) is 4.43 Å². The van der Waals surface area contributed by atoms with Crippen LogP contribution in [0.1, 0.15) is 38.4 Å². The van der Waals surface area contributed by atoms with E-state index in [-0.39, 0.29) is 11.9 Å². The van der Waals surface area contributed by atoms with Crippen LogP contribution in [0, 0.1) is 5.82 Å². The molecule has 1 atom stereocenters. The van der Waals surface area contributed by atoms with Crippen molar-refractivity contribution in [3.05, 3.63) is 35.6 Å². The van der Waals surface area contributed by atoms with Gasteiger partial charge < -0.3 is 4.74 Å². The second-order valence-corrected chi connectivity index (χ2v) is 4.65. The Morgan fingerprint density at radius 2 is 1.75 bits per heavy atom. The van der Waals surface area contributed by atoms with Gasteiger partial charge in [0.2, 0.25) is 0 Å². The van der Waals surface area contributed by atoms with Gasteiger partial charge in [-0.2, -0.15) is 0 Å². The van der Waals surface area contributed by atoms with E-state index in [1.165, 1.54) is 12.1 Å². The Bertz CT molecular complexity index is 295. The first-order valence-electron chi connectivity index (χ1n) is 5.68. The lowest BCUT2D eigenvalue weighted by Crippen LogP contribution is -2.16. The molecule has 0 saturated heterocycles. The molecule has 1 aromatic rings. The second kappa shape index (κ2) is 7.22. The predicted molar refractivity (Wildman–Crippen MR) is 73.5 cm³/mol. The smallest absolute Gasteiger partial charge is 0.123 e. The molecule has 0 bridgehead atoms. The lowest BCUT2D eigenvalue weighted by Gasteiger charge is -2.22. The van der Waals surface area contributed by atoms with Crippen LogP contribution < -0.4 is 0 Å². The predicted octanol–water partition coefficient (Wildman–Crippen LogP) is 4.51. The quantitative estimate of drug-likeness (QED) is 0.549. The molecule has 1 aromatic carbocycles. The van der Waals surface area contributed by atoms with Gasteiger partial charge in [0.05, 0.1) is 12.2 Å². The summed E-state index contributed by atoms with van der Waals surface area (Å²) in [5, 5.41) is 0. The van der Waals surface area contributed by atoms with Crippen LogP contribution in [0.3, 0.4) is 0 Å². The summed E-state index contributed by atoms with van der Waals surface area (Å²) in [6.45, 7) is 4.26. The Morgan fingerprint density at radius 1 is 1.19 bits per heavy atom. The van der Waals surface area contributed by atoms with E-state index in [4.69, 9.17) is 4.74 Å². The van der Waals surface area contributed by atoms with Gasteiger partial charge in [0.1, 0.15) is 5.82 Å². The van der Waals surface area contributed by atoms with Crippen LogP contribution in [-0.2, 0) is 4.74 Å². The van der Waals surface area contributed by atoms with E-state index in [2.05, 4.69) is 36.4 Å². The fourth-order valence-electron chi connectivity index (χ4n) is 1.59. The van der Waals surface area contributed by atoms with Crippen molar-refractivity contribution >= 4 is 22.6 Å². The first-order valence-corrected chi connectivity index (χ1v) is 7.20. The highest BCUT2D eigenvalue weighted by Gasteiger charge is 2.15. The topological polar surface area (TPSA) is 9.23 Å². The maximum absolute atomic E-state index is 12.8. The number of hydrogen-bond donors (Lipinski definition) is 0. The van der Waals surface area contributed by atoms with Crippen LogP contribution >= 0.6 is 22.6 Å². The Balaban J connectivity index is 2.70. The molecule has 0 aliphatic rings. The number of alkyl halides is 1. The lowest BCUT2D eigenvalue weighted by molar-refractivity contribution is -0.00307. The van der Waals surface area contributed by atoms with Crippen LogP contribution in [0.25, 0.3) is 0 Å². The molecule has 0 aromatic heterocycles. The summed E-state index contributed by atoms with van der Waals surface area (Å²) < 4.78 is 19.7. The van der Waals surface area contributed by atoms with Crippen molar-refractivity contribution < 1.29 is 9.13 Å². The first kappa shape index (κ1) is 13.9. The number of hydrogen-bond acceptors (Lipinski definition) is 1. The summed E-state index contributed by atoms with van der Waals surface area (Å²) >= 11 is 2.31. The number of rotatable bonds is 6. The van der Waals surface area contributed by atoms with Crippen LogP contribution in [0.4, 0.5) is 4.39 Å². The molecule has 90 valence electrons. The molecule has 0 radical (unpaired) electrons. The Morgan fingerprint density at radius 3 is 2.19 bits per heavy atom. The fourth-order valence-corrected chi connectivity index (χ4v) is 2.31. The molecule has 0 saturated carbocycles. The molecule has 3 heteroatoms. The number of halogens is 2. The normalized spacial score (nSPS) is 13.1. The van der Waals surface area contributed by atoms with E-state index in [0.29, 0.717) is 6.10 Å². The molecular weight excluding hydrogens is 318 g/mol. The van der Waals surface area contributed by atoms with Gasteiger partial charge in [-0.25, -0.2) is 4.39 Å². The van der Waals surface area contributed by atoms with Crippen molar-refractivity contribution in [1.29, 1.82) is 0 Å². The summed E-state index contributed by atoms with van der Waals surface area (Å²) in [5.74, 6) is -0.196. The highest BCUT2D eigenvalue weighted by Crippen LogP contribution is 2.23. The van der Waals surface area contributed by atoms with Crippen molar-refractivity contribution in [3.8, 4) is 0 Å². The Kier molecular flexibility index (Phi) is 6.28. The molecule has 1 rings (SSSR count). The lowest BCUT2D eigenvalue weighted by atomic mass is 10.1. The molecule has 0 fully saturated rings. The van der Waals surface area contributed by atoms with E-state index in [9.17, 15) is 4.39 Å². The van der Waals surface area contributed by atoms with E-state index < -0.39 is 0 Å². The summed E-state index contributed by atoms with van der Waals surface area (Å²) in [6, 6.07) is 6.60. The summed E-state index contributed by atoms with van der Waals surface area (Å²) in [4.78, 5) is 0. The van der Waals surface area contributed by atoms with E-state index in [0.717, 1.165) is 22.8 Å². The summed E-state index contributed by atoms with van der Waals surface area (Å²) in [5.41, 5.74) is 1.06. The van der Waals surface area contributed by atoms with Gasteiger partial charge in [-0.1, -0.05) is 48.6 Å². The van der Waals surface area contributed by atoms with Gasteiger partial charge in [-0.3, -0.25) is 0 Å². The zero-order valence-electron chi connectivity index (χ0n) is 9.75. The minimum Gasteiger partial charge on any atom is -0.370 e. The Labute approximate surface area is 111 Å². The average molecular weight is 336 g/mol. The highest BCUT2D eigenvalue weighted by molar-refractivity contribution is 14.1. The minimum absolute atomic E-state index is 0.0751. The molecule has 0 aliphatic carbocycles. The molecule has 0 amide bonds. The van der Waals surface area contributed by atoms with Crippen LogP contribution in [0.2, 0.25) is 0 Å². The van der Waals surface area contributed by atoms with Crippen molar-refractivity contribution in [3.63, 3.8) is 0 Å². The standard InChI is InChI=1S/C13H18FIO/c1-3-12(4-2)16-13(9-15)10-5-7-11(14)8-6-10/h5-8,12-13H,3-4,9H2,1-2H3. The number of ether oxygens (including phenoxy) is 1. The number of benzene rings is 1. The maximum Gasteiger partial charge on any atom is 0.123 e. The van der Waals surface area contributed by atoms with Gasteiger partial charge >= 0.3 is 0 Å². The van der Waals surface area contributed by atoms with Crippen LogP contribution in [-0.4, -0.2) is 10.5 Å². The molecule has 1 nitrogen and oxygen atoms in total. The monoisotopic (exact) mass is 336 g/mol. The Hall–Kier alpha value is -0.160. The van der Waals surface area contributed by atoms with Gasteiger partial charge in [-0.05, 0) is 30.5 Å². The maximum atomic E-state index is 12.8. The SMILES string of the molecule is CCC(CC)OC(CI)c1ccc(F)cc1. The van der Waals surface area contributed by atoms with Gasteiger partial charge in [-0.15, -0.1) is 0 Å². The molecule has 0 N–H and O–H groups in total. The van der Waals surface area contributed by atoms with E-state index in [1.54, 1.807) is 12.1 Å². The minimum atomic E-state index is -0.196. The molecule has 0 aliphatic heterocycles. The first-order chi connectivity index (χ1) is 7.71. The third kappa shape index (κ3) is 4.01. The van der Waals surface area contributed by atoms with Crippen molar-refractivity contribution in [2.24, 2.45) is 0 Å². The van der Waals surface area contributed by atoms with E-state index in [1.807, 2.05) is 0 Å². The third-order valence-corrected chi connectivity index (χ3v) is 3.45. The molecule has 0 spiro atoms. The molecule has 16 heavy (non-hydrogen) atoms. The van der Waals surface area contributed by atoms with Crippen molar-refractivity contribution in [2.75, 3.05) is 4.43 Å². The van der Waals surface area contributed by atoms with Gasteiger partial charge in [0.25, 0.3) is 0 Å². The summed E-state index contributed by atoms with van der Waals surface area (Å²) in [7, 11) is 0. The largest absolute Gasteiger partial charge is 0.370 e. The molecule has 0 heterocycles. The van der Waals surface area contributed by atoms with Crippen LogP contribution in [0.15, 0.2) is 24.3 Å². The van der Waals surface area contributed by atoms with Gasteiger partial charge in [0.15, 0.2) is 0 Å². The van der Waals surface area contributed by atoms with Crippen molar-refractivity contribution in [2.45, 2.75) is 38.9 Å². The zero-order valence-corrected chi connectivity index (χ0v) is 11.9.